The van der Waals surface area contributed by atoms with Crippen LogP contribution >= 0.6 is 11.6 Å². The fourth-order valence-electron chi connectivity index (χ4n) is 2.35. The van der Waals surface area contributed by atoms with Crippen LogP contribution < -0.4 is 0 Å². The molecule has 0 aliphatic rings. The van der Waals surface area contributed by atoms with Gasteiger partial charge in [0, 0.05) is 12.6 Å². The van der Waals surface area contributed by atoms with Gasteiger partial charge in [-0.05, 0) is 31.2 Å². The third-order valence-corrected chi connectivity index (χ3v) is 3.54. The van der Waals surface area contributed by atoms with Gasteiger partial charge in [0.05, 0.1) is 21.6 Å². The summed E-state index contributed by atoms with van der Waals surface area (Å²) >= 11 is 6.22. The van der Waals surface area contributed by atoms with E-state index in [1.165, 1.54) is 12.1 Å². The van der Waals surface area contributed by atoms with Gasteiger partial charge in [-0.3, -0.25) is 0 Å². The summed E-state index contributed by atoms with van der Waals surface area (Å²) in [6.45, 7) is 2.61. The fourth-order valence-corrected chi connectivity index (χ4v) is 2.62. The molecule has 102 valence electrons. The van der Waals surface area contributed by atoms with Crippen LogP contribution in [0.4, 0.5) is 4.39 Å². The standard InChI is InChI=1S/C15H12ClFN2O/c1-2-19-14-11(16)4-3-5-12(14)18-15(19)10-7-6-9(17)8-13(10)20/h3-8,20H,2H2,1H3. The molecular formula is C15H12ClFN2O. The molecule has 0 amide bonds. The summed E-state index contributed by atoms with van der Waals surface area (Å²) in [4.78, 5) is 4.50. The zero-order valence-electron chi connectivity index (χ0n) is 10.8. The highest BCUT2D eigenvalue weighted by atomic mass is 35.5. The summed E-state index contributed by atoms with van der Waals surface area (Å²) in [5, 5.41) is 10.5. The van der Waals surface area contributed by atoms with Crippen molar-refractivity contribution in [2.75, 3.05) is 0 Å². The van der Waals surface area contributed by atoms with Gasteiger partial charge in [-0.15, -0.1) is 0 Å². The average molecular weight is 291 g/mol. The van der Waals surface area contributed by atoms with Gasteiger partial charge in [-0.2, -0.15) is 0 Å². The summed E-state index contributed by atoms with van der Waals surface area (Å²) in [6.07, 6.45) is 0. The molecular weight excluding hydrogens is 279 g/mol. The number of hydrogen-bond acceptors (Lipinski definition) is 2. The zero-order chi connectivity index (χ0) is 14.3. The molecule has 0 saturated carbocycles. The predicted molar refractivity (Wildman–Crippen MR) is 77.5 cm³/mol. The Morgan fingerprint density at radius 1 is 1.30 bits per heavy atom. The van der Waals surface area contributed by atoms with Gasteiger partial charge < -0.3 is 9.67 Å². The molecule has 0 spiro atoms. The monoisotopic (exact) mass is 290 g/mol. The van der Waals surface area contributed by atoms with E-state index in [2.05, 4.69) is 4.98 Å². The lowest BCUT2D eigenvalue weighted by molar-refractivity contribution is 0.470. The molecule has 1 N–H and O–H groups in total. The number of halogens is 2. The number of para-hydroxylation sites is 1. The van der Waals surface area contributed by atoms with E-state index in [9.17, 15) is 9.50 Å². The first kappa shape index (κ1) is 12.9. The van der Waals surface area contributed by atoms with Crippen LogP contribution in [-0.4, -0.2) is 14.7 Å². The van der Waals surface area contributed by atoms with Crippen molar-refractivity contribution in [1.29, 1.82) is 0 Å². The normalized spacial score (nSPS) is 11.2. The maximum Gasteiger partial charge on any atom is 0.144 e. The van der Waals surface area contributed by atoms with Crippen molar-refractivity contribution >= 4 is 22.6 Å². The highest BCUT2D eigenvalue weighted by molar-refractivity contribution is 6.35. The van der Waals surface area contributed by atoms with Gasteiger partial charge >= 0.3 is 0 Å². The van der Waals surface area contributed by atoms with Crippen molar-refractivity contribution < 1.29 is 9.50 Å². The minimum absolute atomic E-state index is 0.133. The van der Waals surface area contributed by atoms with E-state index in [-0.39, 0.29) is 5.75 Å². The first-order valence-corrected chi connectivity index (χ1v) is 6.63. The summed E-state index contributed by atoms with van der Waals surface area (Å²) < 4.78 is 15.0. The maximum atomic E-state index is 13.1. The van der Waals surface area contributed by atoms with Crippen molar-refractivity contribution in [3.8, 4) is 17.1 Å². The summed E-state index contributed by atoms with van der Waals surface area (Å²) in [7, 11) is 0. The molecule has 0 saturated heterocycles. The third kappa shape index (κ3) is 1.93. The number of aromatic hydroxyl groups is 1. The Bertz CT molecular complexity index is 798. The molecule has 0 aliphatic heterocycles. The number of phenols is 1. The van der Waals surface area contributed by atoms with E-state index < -0.39 is 5.82 Å². The Labute approximate surface area is 120 Å². The third-order valence-electron chi connectivity index (χ3n) is 3.23. The molecule has 0 atom stereocenters. The van der Waals surface area contributed by atoms with E-state index in [1.54, 1.807) is 6.07 Å². The second-order valence-electron chi connectivity index (χ2n) is 4.45. The van der Waals surface area contributed by atoms with Crippen molar-refractivity contribution in [3.63, 3.8) is 0 Å². The number of aromatic nitrogens is 2. The number of imidazole rings is 1. The van der Waals surface area contributed by atoms with Crippen LogP contribution in [-0.2, 0) is 6.54 Å². The number of benzene rings is 2. The second-order valence-corrected chi connectivity index (χ2v) is 4.86. The first-order chi connectivity index (χ1) is 9.61. The van der Waals surface area contributed by atoms with Gasteiger partial charge in [-0.1, -0.05) is 17.7 Å². The summed E-state index contributed by atoms with van der Waals surface area (Å²) in [5.41, 5.74) is 2.05. The fraction of sp³-hybridized carbons (Fsp3) is 0.133. The Morgan fingerprint density at radius 3 is 2.80 bits per heavy atom. The van der Waals surface area contributed by atoms with E-state index >= 15 is 0 Å². The van der Waals surface area contributed by atoms with E-state index in [1.807, 2.05) is 23.6 Å². The van der Waals surface area contributed by atoms with Crippen molar-refractivity contribution in [2.45, 2.75) is 13.5 Å². The molecule has 20 heavy (non-hydrogen) atoms. The van der Waals surface area contributed by atoms with Crippen LogP contribution in [0, 0.1) is 5.82 Å². The lowest BCUT2D eigenvalue weighted by Gasteiger charge is -2.08. The average Bonchev–Trinajstić information content (AvgIpc) is 2.78. The molecule has 1 aromatic heterocycles. The SMILES string of the molecule is CCn1c(-c2ccc(F)cc2O)nc2cccc(Cl)c21. The van der Waals surface area contributed by atoms with Gasteiger partial charge in [0.25, 0.3) is 0 Å². The maximum absolute atomic E-state index is 13.1. The number of aryl methyl sites for hydroxylation is 1. The number of hydrogen-bond donors (Lipinski definition) is 1. The van der Waals surface area contributed by atoms with Crippen LogP contribution in [0.3, 0.4) is 0 Å². The zero-order valence-corrected chi connectivity index (χ0v) is 11.5. The van der Waals surface area contributed by atoms with Gasteiger partial charge in [0.2, 0.25) is 0 Å². The van der Waals surface area contributed by atoms with Gasteiger partial charge in [-0.25, -0.2) is 9.37 Å². The van der Waals surface area contributed by atoms with Crippen LogP contribution in [0.1, 0.15) is 6.92 Å². The van der Waals surface area contributed by atoms with E-state index in [4.69, 9.17) is 11.6 Å². The number of rotatable bonds is 2. The van der Waals surface area contributed by atoms with Crippen molar-refractivity contribution in [3.05, 3.63) is 47.2 Å². The Hall–Kier alpha value is -2.07. The Balaban J connectivity index is 2.33. The Kier molecular flexibility index (Phi) is 3.10. The number of nitrogens with zero attached hydrogens (tertiary/aromatic N) is 2. The molecule has 0 unspecified atom stereocenters. The number of fused-ring (bicyclic) bond motifs is 1. The van der Waals surface area contributed by atoms with Crippen molar-refractivity contribution in [1.82, 2.24) is 9.55 Å². The molecule has 1 heterocycles. The van der Waals surface area contributed by atoms with E-state index in [0.717, 1.165) is 17.1 Å². The van der Waals surface area contributed by atoms with Crippen LogP contribution in [0.15, 0.2) is 36.4 Å². The summed E-state index contributed by atoms with van der Waals surface area (Å²) in [5.74, 6) is -0.0392. The quantitative estimate of drug-likeness (QED) is 0.767. The lowest BCUT2D eigenvalue weighted by atomic mass is 10.2. The lowest BCUT2D eigenvalue weighted by Crippen LogP contribution is -1.98. The second kappa shape index (κ2) is 4.80. The topological polar surface area (TPSA) is 38.0 Å². The summed E-state index contributed by atoms with van der Waals surface area (Å²) in [6, 6.07) is 9.38. The molecule has 0 radical (unpaired) electrons. The highest BCUT2D eigenvalue weighted by Crippen LogP contribution is 2.33. The molecule has 3 rings (SSSR count). The van der Waals surface area contributed by atoms with Crippen molar-refractivity contribution in [2.24, 2.45) is 0 Å². The minimum atomic E-state index is -0.483. The predicted octanol–water partition coefficient (Wildman–Crippen LogP) is 4.22. The minimum Gasteiger partial charge on any atom is -0.507 e. The highest BCUT2D eigenvalue weighted by Gasteiger charge is 2.16. The molecule has 5 heteroatoms. The largest absolute Gasteiger partial charge is 0.507 e. The molecule has 0 bridgehead atoms. The van der Waals surface area contributed by atoms with Gasteiger partial charge in [0.15, 0.2) is 0 Å². The van der Waals surface area contributed by atoms with Crippen LogP contribution in [0.25, 0.3) is 22.4 Å². The molecule has 2 aromatic carbocycles. The smallest absolute Gasteiger partial charge is 0.144 e. The molecule has 0 fully saturated rings. The van der Waals surface area contributed by atoms with Gasteiger partial charge in [0.1, 0.15) is 17.4 Å². The molecule has 3 aromatic rings. The Morgan fingerprint density at radius 2 is 2.10 bits per heavy atom. The number of phenolic OH excluding ortho intramolecular Hbond substituents is 1. The molecule has 0 aliphatic carbocycles. The first-order valence-electron chi connectivity index (χ1n) is 6.25. The van der Waals surface area contributed by atoms with Crippen LogP contribution in [0.5, 0.6) is 5.75 Å². The molecule has 3 nitrogen and oxygen atoms in total. The van der Waals surface area contributed by atoms with E-state index in [0.29, 0.717) is 23.0 Å². The van der Waals surface area contributed by atoms with Crippen LogP contribution in [0.2, 0.25) is 5.02 Å².